The Labute approximate surface area is 150 Å². The Bertz CT molecular complexity index is 740. The maximum atomic E-state index is 12.4. The highest BCUT2D eigenvalue weighted by atomic mass is 16.6. The second kappa shape index (κ2) is 7.94. The van der Waals surface area contributed by atoms with Gasteiger partial charge in [0.1, 0.15) is 0 Å². The molecule has 140 valence electrons. The first kappa shape index (κ1) is 19.4. The van der Waals surface area contributed by atoms with Gasteiger partial charge in [0.15, 0.2) is 0 Å². The molecule has 1 aromatic rings. The number of nitro groups is 1. The number of rotatable bonds is 5. The second-order valence-electron chi connectivity index (χ2n) is 6.41. The summed E-state index contributed by atoms with van der Waals surface area (Å²) >= 11 is 0. The van der Waals surface area contributed by atoms with E-state index in [1.165, 1.54) is 30.1 Å². The molecule has 26 heavy (non-hydrogen) atoms. The Morgan fingerprint density at radius 3 is 2.42 bits per heavy atom. The van der Waals surface area contributed by atoms with Crippen LogP contribution in [0.4, 0.5) is 5.69 Å². The summed E-state index contributed by atoms with van der Waals surface area (Å²) in [5.74, 6) is -1.93. The van der Waals surface area contributed by atoms with Gasteiger partial charge >= 0.3 is 5.97 Å². The number of likely N-dealkylation sites (tertiary alicyclic amines) is 1. The predicted molar refractivity (Wildman–Crippen MR) is 91.7 cm³/mol. The van der Waals surface area contributed by atoms with E-state index in [2.05, 4.69) is 0 Å². The van der Waals surface area contributed by atoms with E-state index >= 15 is 0 Å². The molecular formula is C17H21N3O6. The summed E-state index contributed by atoms with van der Waals surface area (Å²) in [6.45, 7) is 2.13. The monoisotopic (exact) mass is 363 g/mol. The van der Waals surface area contributed by atoms with Crippen molar-refractivity contribution in [3.05, 3.63) is 39.4 Å². The average Bonchev–Trinajstić information content (AvgIpc) is 2.60. The molecule has 0 radical (unpaired) electrons. The van der Waals surface area contributed by atoms with Gasteiger partial charge in [0.2, 0.25) is 5.91 Å². The van der Waals surface area contributed by atoms with Crippen molar-refractivity contribution in [1.29, 1.82) is 0 Å². The molecule has 2 rings (SSSR count). The van der Waals surface area contributed by atoms with Crippen LogP contribution in [-0.2, 0) is 9.59 Å². The number of aliphatic carboxylic acids is 1. The van der Waals surface area contributed by atoms with Crippen molar-refractivity contribution in [2.24, 2.45) is 5.92 Å². The molecule has 1 aliphatic rings. The second-order valence-corrected chi connectivity index (χ2v) is 6.41. The van der Waals surface area contributed by atoms with Crippen molar-refractivity contribution in [1.82, 2.24) is 9.80 Å². The van der Waals surface area contributed by atoms with Gasteiger partial charge in [-0.05, 0) is 31.9 Å². The molecule has 0 spiro atoms. The van der Waals surface area contributed by atoms with Crippen molar-refractivity contribution in [2.75, 3.05) is 26.7 Å². The SMILES string of the molecule is Cc1cc(C(=O)N(C)CC(=O)N2CCC(C(=O)O)CC2)ccc1[N+](=O)[O-]. The lowest BCUT2D eigenvalue weighted by Gasteiger charge is -2.31. The molecule has 9 nitrogen and oxygen atoms in total. The fraction of sp³-hybridized carbons (Fsp3) is 0.471. The van der Waals surface area contributed by atoms with Gasteiger partial charge in [-0.1, -0.05) is 0 Å². The van der Waals surface area contributed by atoms with Crippen LogP contribution in [0.3, 0.4) is 0 Å². The maximum absolute atomic E-state index is 12.4. The zero-order chi connectivity index (χ0) is 19.4. The number of hydrogen-bond donors (Lipinski definition) is 1. The van der Waals surface area contributed by atoms with Gasteiger partial charge in [-0.3, -0.25) is 24.5 Å². The summed E-state index contributed by atoms with van der Waals surface area (Å²) in [5.41, 5.74) is 0.575. The Hall–Kier alpha value is -2.97. The van der Waals surface area contributed by atoms with E-state index in [0.717, 1.165) is 0 Å². The zero-order valence-corrected chi connectivity index (χ0v) is 14.7. The molecule has 0 atom stereocenters. The van der Waals surface area contributed by atoms with E-state index in [-0.39, 0.29) is 23.7 Å². The molecule has 0 aliphatic carbocycles. The van der Waals surface area contributed by atoms with Crippen LogP contribution in [0.15, 0.2) is 18.2 Å². The number of hydrogen-bond acceptors (Lipinski definition) is 5. The molecule has 1 heterocycles. The number of piperidine rings is 1. The number of nitro benzene ring substituents is 1. The summed E-state index contributed by atoms with van der Waals surface area (Å²) in [4.78, 5) is 48.9. The van der Waals surface area contributed by atoms with Crippen LogP contribution in [-0.4, -0.2) is 64.3 Å². The summed E-state index contributed by atoms with van der Waals surface area (Å²) in [6.07, 6.45) is 0.806. The van der Waals surface area contributed by atoms with Crippen molar-refractivity contribution in [2.45, 2.75) is 19.8 Å². The van der Waals surface area contributed by atoms with Crippen molar-refractivity contribution < 1.29 is 24.4 Å². The van der Waals surface area contributed by atoms with E-state index in [0.29, 0.717) is 31.5 Å². The standard InChI is InChI=1S/C17H21N3O6/c1-11-9-13(3-4-14(11)20(25)26)16(22)18(2)10-15(21)19-7-5-12(6-8-19)17(23)24/h3-4,9,12H,5-8,10H2,1-2H3,(H,23,24). The van der Waals surface area contributed by atoms with Crippen LogP contribution in [0, 0.1) is 23.0 Å². The Balaban J connectivity index is 1.96. The Morgan fingerprint density at radius 2 is 1.92 bits per heavy atom. The number of nitrogens with zero attached hydrogens (tertiary/aromatic N) is 3. The van der Waals surface area contributed by atoms with Crippen LogP contribution >= 0.6 is 0 Å². The predicted octanol–water partition coefficient (Wildman–Crippen LogP) is 1.30. The highest BCUT2D eigenvalue weighted by molar-refractivity contribution is 5.96. The van der Waals surface area contributed by atoms with Gasteiger partial charge in [0.05, 0.1) is 17.4 Å². The number of carbonyl (C=O) groups excluding carboxylic acids is 2. The summed E-state index contributed by atoms with van der Waals surface area (Å²) in [6, 6.07) is 4.07. The van der Waals surface area contributed by atoms with Crippen molar-refractivity contribution >= 4 is 23.5 Å². The third-order valence-electron chi connectivity index (χ3n) is 4.56. The number of carboxylic acids is 1. The molecule has 9 heteroatoms. The third-order valence-corrected chi connectivity index (χ3v) is 4.56. The number of aryl methyl sites for hydroxylation is 1. The topological polar surface area (TPSA) is 121 Å². The van der Waals surface area contributed by atoms with E-state index in [1.807, 2.05) is 0 Å². The van der Waals surface area contributed by atoms with Gasteiger partial charge in [-0.25, -0.2) is 0 Å². The number of carboxylic acid groups (broad SMARTS) is 1. The number of carbonyl (C=O) groups is 3. The number of amides is 2. The van der Waals surface area contributed by atoms with Gasteiger partial charge in [0, 0.05) is 37.3 Å². The summed E-state index contributed by atoms with van der Waals surface area (Å²) in [7, 11) is 1.49. The Morgan fingerprint density at radius 1 is 1.31 bits per heavy atom. The maximum Gasteiger partial charge on any atom is 0.306 e. The van der Waals surface area contributed by atoms with Gasteiger partial charge in [-0.2, -0.15) is 0 Å². The van der Waals surface area contributed by atoms with Gasteiger partial charge in [0.25, 0.3) is 11.6 Å². The molecule has 2 amide bonds. The van der Waals surface area contributed by atoms with E-state index in [1.54, 1.807) is 11.8 Å². The van der Waals surface area contributed by atoms with E-state index < -0.39 is 22.7 Å². The molecule has 1 aromatic carbocycles. The van der Waals surface area contributed by atoms with Gasteiger partial charge < -0.3 is 14.9 Å². The quantitative estimate of drug-likeness (QED) is 0.622. The molecule has 1 fully saturated rings. The number of benzene rings is 1. The van der Waals surface area contributed by atoms with Crippen LogP contribution in [0.1, 0.15) is 28.8 Å². The lowest BCUT2D eigenvalue weighted by Crippen LogP contribution is -2.45. The first-order chi connectivity index (χ1) is 12.2. The van der Waals surface area contributed by atoms with Crippen LogP contribution < -0.4 is 0 Å². The first-order valence-corrected chi connectivity index (χ1v) is 8.21. The van der Waals surface area contributed by atoms with Gasteiger partial charge in [-0.15, -0.1) is 0 Å². The average molecular weight is 363 g/mol. The fourth-order valence-electron chi connectivity index (χ4n) is 2.96. The fourth-order valence-corrected chi connectivity index (χ4v) is 2.96. The van der Waals surface area contributed by atoms with E-state index in [9.17, 15) is 24.5 Å². The lowest BCUT2D eigenvalue weighted by molar-refractivity contribution is -0.385. The van der Waals surface area contributed by atoms with Crippen LogP contribution in [0.25, 0.3) is 0 Å². The summed E-state index contributed by atoms with van der Waals surface area (Å²) in [5, 5.41) is 19.8. The third kappa shape index (κ3) is 4.35. The first-order valence-electron chi connectivity index (χ1n) is 8.21. The zero-order valence-electron chi connectivity index (χ0n) is 14.7. The molecule has 1 aliphatic heterocycles. The highest BCUT2D eigenvalue weighted by Crippen LogP contribution is 2.20. The van der Waals surface area contributed by atoms with Crippen molar-refractivity contribution in [3.8, 4) is 0 Å². The molecule has 0 bridgehead atoms. The molecular weight excluding hydrogens is 342 g/mol. The largest absolute Gasteiger partial charge is 0.481 e. The molecule has 1 saturated heterocycles. The number of likely N-dealkylation sites (N-methyl/N-ethyl adjacent to an activating group) is 1. The summed E-state index contributed by atoms with van der Waals surface area (Å²) < 4.78 is 0. The van der Waals surface area contributed by atoms with E-state index in [4.69, 9.17) is 5.11 Å². The highest BCUT2D eigenvalue weighted by Gasteiger charge is 2.28. The smallest absolute Gasteiger partial charge is 0.306 e. The minimum absolute atomic E-state index is 0.0680. The van der Waals surface area contributed by atoms with Crippen LogP contribution in [0.2, 0.25) is 0 Å². The Kier molecular flexibility index (Phi) is 5.91. The molecule has 0 aromatic heterocycles. The molecule has 0 saturated carbocycles. The molecule has 0 unspecified atom stereocenters. The normalized spacial score (nSPS) is 14.8. The minimum Gasteiger partial charge on any atom is -0.481 e. The lowest BCUT2D eigenvalue weighted by atomic mass is 9.97. The van der Waals surface area contributed by atoms with Crippen LogP contribution in [0.5, 0.6) is 0 Å². The van der Waals surface area contributed by atoms with Crippen molar-refractivity contribution in [3.63, 3.8) is 0 Å². The minimum atomic E-state index is -0.849. The molecule has 1 N–H and O–H groups in total.